The predicted octanol–water partition coefficient (Wildman–Crippen LogP) is 3.22. The Balaban J connectivity index is 1.89. The SMILES string of the molecule is CC(=O)CC(=O)/C=C/c1ccc(OCc2ccccn2)cc1. The standard InChI is InChI=1S/C18H17NO3/c1-14(20)12-17(21)8-5-15-6-9-18(10-7-15)22-13-16-4-2-3-11-19-16/h2-11H,12-13H2,1H3/b8-5+. The maximum absolute atomic E-state index is 11.4. The number of hydrogen-bond acceptors (Lipinski definition) is 4. The lowest BCUT2D eigenvalue weighted by Gasteiger charge is -2.05. The zero-order chi connectivity index (χ0) is 15.8. The number of aromatic nitrogens is 1. The van der Waals surface area contributed by atoms with E-state index in [1.54, 1.807) is 12.3 Å². The lowest BCUT2D eigenvalue weighted by atomic mass is 10.1. The lowest BCUT2D eigenvalue weighted by molar-refractivity contribution is -0.123. The summed E-state index contributed by atoms with van der Waals surface area (Å²) in [5.74, 6) is 0.411. The molecule has 0 spiro atoms. The molecule has 4 nitrogen and oxygen atoms in total. The van der Waals surface area contributed by atoms with Gasteiger partial charge in [-0.1, -0.05) is 24.3 Å². The minimum absolute atomic E-state index is 0.0538. The normalized spacial score (nSPS) is 10.6. The van der Waals surface area contributed by atoms with Gasteiger partial charge < -0.3 is 4.74 Å². The van der Waals surface area contributed by atoms with Crippen LogP contribution in [0, 0.1) is 0 Å². The van der Waals surface area contributed by atoms with E-state index in [0.29, 0.717) is 6.61 Å². The Morgan fingerprint density at radius 1 is 1.14 bits per heavy atom. The number of Topliss-reactive ketones (excluding diaryl/α,β-unsaturated/α-hetero) is 1. The first-order valence-electron chi connectivity index (χ1n) is 6.96. The molecule has 2 aromatic rings. The van der Waals surface area contributed by atoms with Gasteiger partial charge in [-0.2, -0.15) is 0 Å². The highest BCUT2D eigenvalue weighted by Gasteiger charge is 2.01. The number of rotatable bonds is 7. The van der Waals surface area contributed by atoms with Gasteiger partial charge >= 0.3 is 0 Å². The Hall–Kier alpha value is -2.75. The van der Waals surface area contributed by atoms with E-state index in [0.717, 1.165) is 17.0 Å². The lowest BCUT2D eigenvalue weighted by Crippen LogP contribution is -2.00. The molecule has 0 N–H and O–H groups in total. The van der Waals surface area contributed by atoms with Crippen molar-refractivity contribution in [1.29, 1.82) is 0 Å². The van der Waals surface area contributed by atoms with Crippen LogP contribution < -0.4 is 4.74 Å². The summed E-state index contributed by atoms with van der Waals surface area (Å²) < 4.78 is 5.63. The highest BCUT2D eigenvalue weighted by atomic mass is 16.5. The maximum atomic E-state index is 11.4. The van der Waals surface area contributed by atoms with Crippen molar-refractivity contribution in [2.75, 3.05) is 0 Å². The van der Waals surface area contributed by atoms with Crippen molar-refractivity contribution in [3.8, 4) is 5.75 Å². The topological polar surface area (TPSA) is 56.3 Å². The average Bonchev–Trinajstić information content (AvgIpc) is 2.52. The number of pyridine rings is 1. The van der Waals surface area contributed by atoms with Gasteiger partial charge in [-0.15, -0.1) is 0 Å². The fourth-order valence-corrected chi connectivity index (χ4v) is 1.81. The van der Waals surface area contributed by atoms with Gasteiger partial charge in [-0.25, -0.2) is 0 Å². The molecule has 0 radical (unpaired) electrons. The van der Waals surface area contributed by atoms with Gasteiger partial charge in [0.2, 0.25) is 0 Å². The molecule has 0 aliphatic rings. The van der Waals surface area contributed by atoms with E-state index in [4.69, 9.17) is 4.74 Å². The Kier molecular flexibility index (Phi) is 5.60. The Bertz CT molecular complexity index is 660. The predicted molar refractivity (Wildman–Crippen MR) is 84.4 cm³/mol. The largest absolute Gasteiger partial charge is 0.487 e. The molecular weight excluding hydrogens is 278 g/mol. The zero-order valence-corrected chi connectivity index (χ0v) is 12.4. The van der Waals surface area contributed by atoms with Crippen LogP contribution in [-0.4, -0.2) is 16.6 Å². The smallest absolute Gasteiger partial charge is 0.163 e. The minimum Gasteiger partial charge on any atom is -0.487 e. The second-order valence-corrected chi connectivity index (χ2v) is 4.86. The van der Waals surface area contributed by atoms with Crippen molar-refractivity contribution >= 4 is 17.6 Å². The summed E-state index contributed by atoms with van der Waals surface area (Å²) in [6.07, 6.45) is 4.78. The van der Waals surface area contributed by atoms with E-state index in [9.17, 15) is 9.59 Å². The monoisotopic (exact) mass is 295 g/mol. The third-order valence-corrected chi connectivity index (χ3v) is 2.88. The maximum Gasteiger partial charge on any atom is 0.163 e. The van der Waals surface area contributed by atoms with Gasteiger partial charge in [0.05, 0.1) is 12.1 Å². The van der Waals surface area contributed by atoms with Gasteiger partial charge in [0.1, 0.15) is 18.1 Å². The molecule has 0 bridgehead atoms. The van der Waals surface area contributed by atoms with Crippen LogP contribution in [0.3, 0.4) is 0 Å². The zero-order valence-electron chi connectivity index (χ0n) is 12.4. The molecule has 1 aromatic heterocycles. The van der Waals surface area contributed by atoms with Crippen LogP contribution in [0.4, 0.5) is 0 Å². The molecule has 0 aliphatic carbocycles. The Morgan fingerprint density at radius 2 is 1.91 bits per heavy atom. The number of carbonyl (C=O) groups is 2. The third-order valence-electron chi connectivity index (χ3n) is 2.88. The van der Waals surface area contributed by atoms with Crippen molar-refractivity contribution in [2.45, 2.75) is 20.0 Å². The summed E-state index contributed by atoms with van der Waals surface area (Å²) in [5.41, 5.74) is 1.74. The first-order valence-corrected chi connectivity index (χ1v) is 6.96. The van der Waals surface area contributed by atoms with E-state index in [2.05, 4.69) is 4.98 Å². The molecular formula is C18H17NO3. The molecule has 0 aliphatic heterocycles. The molecule has 0 amide bonds. The summed E-state index contributed by atoms with van der Waals surface area (Å²) in [4.78, 5) is 26.4. The van der Waals surface area contributed by atoms with Crippen LogP contribution in [0.15, 0.2) is 54.7 Å². The molecule has 0 unspecified atom stereocenters. The summed E-state index contributed by atoms with van der Waals surface area (Å²) in [5, 5.41) is 0. The summed E-state index contributed by atoms with van der Waals surface area (Å²) >= 11 is 0. The highest BCUT2D eigenvalue weighted by Crippen LogP contribution is 2.14. The average molecular weight is 295 g/mol. The number of ketones is 2. The summed E-state index contributed by atoms with van der Waals surface area (Å²) in [7, 11) is 0. The molecule has 22 heavy (non-hydrogen) atoms. The van der Waals surface area contributed by atoms with Gasteiger partial charge in [-0.05, 0) is 42.8 Å². The van der Waals surface area contributed by atoms with Gasteiger partial charge in [0, 0.05) is 6.20 Å². The van der Waals surface area contributed by atoms with Crippen molar-refractivity contribution < 1.29 is 14.3 Å². The number of hydrogen-bond donors (Lipinski definition) is 0. The van der Waals surface area contributed by atoms with E-state index < -0.39 is 0 Å². The Morgan fingerprint density at radius 3 is 2.55 bits per heavy atom. The summed E-state index contributed by atoms with van der Waals surface area (Å²) in [6.45, 7) is 1.81. The summed E-state index contributed by atoms with van der Waals surface area (Å²) in [6, 6.07) is 13.0. The molecule has 0 saturated heterocycles. The first-order chi connectivity index (χ1) is 10.6. The third kappa shape index (κ3) is 5.32. The molecule has 0 fully saturated rings. The fraction of sp³-hybridized carbons (Fsp3) is 0.167. The van der Waals surface area contributed by atoms with Crippen molar-refractivity contribution in [1.82, 2.24) is 4.98 Å². The second-order valence-electron chi connectivity index (χ2n) is 4.86. The van der Waals surface area contributed by atoms with E-state index in [1.165, 1.54) is 13.0 Å². The van der Waals surface area contributed by atoms with E-state index in [1.807, 2.05) is 42.5 Å². The van der Waals surface area contributed by atoms with Crippen LogP contribution >= 0.6 is 0 Å². The van der Waals surface area contributed by atoms with Crippen molar-refractivity contribution in [3.63, 3.8) is 0 Å². The fourth-order valence-electron chi connectivity index (χ4n) is 1.81. The molecule has 0 saturated carbocycles. The van der Waals surface area contributed by atoms with Crippen LogP contribution in [-0.2, 0) is 16.2 Å². The van der Waals surface area contributed by atoms with Gasteiger partial charge in [-0.3, -0.25) is 14.6 Å². The van der Waals surface area contributed by atoms with Crippen molar-refractivity contribution in [3.05, 3.63) is 66.0 Å². The van der Waals surface area contributed by atoms with Crippen molar-refractivity contribution in [2.24, 2.45) is 0 Å². The number of benzene rings is 1. The van der Waals surface area contributed by atoms with E-state index in [-0.39, 0.29) is 18.0 Å². The number of carbonyl (C=O) groups excluding carboxylic acids is 2. The first kappa shape index (κ1) is 15.6. The van der Waals surface area contributed by atoms with Crippen LogP contribution in [0.25, 0.3) is 6.08 Å². The Labute approximate surface area is 129 Å². The second kappa shape index (κ2) is 7.88. The number of nitrogens with zero attached hydrogens (tertiary/aromatic N) is 1. The molecule has 1 aromatic carbocycles. The molecule has 0 atom stereocenters. The number of allylic oxidation sites excluding steroid dienone is 1. The van der Waals surface area contributed by atoms with Crippen LogP contribution in [0.2, 0.25) is 0 Å². The highest BCUT2D eigenvalue weighted by molar-refractivity contribution is 6.05. The minimum atomic E-state index is -0.192. The molecule has 4 heteroatoms. The molecule has 112 valence electrons. The van der Waals surface area contributed by atoms with Gasteiger partial charge in [0.15, 0.2) is 5.78 Å². The van der Waals surface area contributed by atoms with E-state index >= 15 is 0 Å². The molecule has 2 rings (SSSR count). The van der Waals surface area contributed by atoms with Gasteiger partial charge in [0.25, 0.3) is 0 Å². The quantitative estimate of drug-likeness (QED) is 0.581. The van der Waals surface area contributed by atoms with Crippen LogP contribution in [0.1, 0.15) is 24.6 Å². The number of ether oxygens (including phenoxy) is 1. The van der Waals surface area contributed by atoms with Crippen LogP contribution in [0.5, 0.6) is 5.75 Å². The molecule has 1 heterocycles.